The first-order chi connectivity index (χ1) is 7.27. The van der Waals surface area contributed by atoms with Crippen molar-refractivity contribution in [3.8, 4) is 0 Å². The van der Waals surface area contributed by atoms with Crippen LogP contribution in [0.3, 0.4) is 0 Å². The molecule has 1 aromatic carbocycles. The van der Waals surface area contributed by atoms with Crippen molar-refractivity contribution in [2.75, 3.05) is 5.43 Å². The van der Waals surface area contributed by atoms with Crippen molar-refractivity contribution in [1.29, 1.82) is 0 Å². The average molecular weight is 200 g/mol. The number of anilines is 1. The fourth-order valence-electron chi connectivity index (χ4n) is 1.27. The third-order valence-electron chi connectivity index (χ3n) is 1.94. The smallest absolute Gasteiger partial charge is 0.155 e. The van der Waals surface area contributed by atoms with Crippen molar-refractivity contribution in [1.82, 2.24) is 15.4 Å². The number of nitrogens with zero attached hydrogens (tertiary/aromatic N) is 2. The minimum absolute atomic E-state index is 0.753. The molecule has 2 N–H and O–H groups in total. The summed E-state index contributed by atoms with van der Waals surface area (Å²) in [6, 6.07) is 7.82. The van der Waals surface area contributed by atoms with E-state index in [1.54, 1.807) is 0 Å². The van der Waals surface area contributed by atoms with Gasteiger partial charge in [0.25, 0.3) is 0 Å². The van der Waals surface area contributed by atoms with Gasteiger partial charge in [-0.15, -0.1) is 0 Å². The van der Waals surface area contributed by atoms with Gasteiger partial charge in [-0.25, -0.2) is 9.97 Å². The van der Waals surface area contributed by atoms with Crippen LogP contribution >= 0.6 is 0 Å². The zero-order chi connectivity index (χ0) is 10.7. The van der Waals surface area contributed by atoms with E-state index in [1.807, 2.05) is 31.2 Å². The summed E-state index contributed by atoms with van der Waals surface area (Å²) < 4.78 is 0. The van der Waals surface area contributed by atoms with E-state index >= 15 is 0 Å². The number of nitrogens with one attached hydrogen (secondary N) is 2. The summed E-state index contributed by atoms with van der Waals surface area (Å²) in [5.74, 6) is 0.753. The Balaban J connectivity index is 2.38. The highest BCUT2D eigenvalue weighted by Gasteiger charge is 2.00. The number of allylic oxidation sites excluding steroid dienone is 1. The summed E-state index contributed by atoms with van der Waals surface area (Å²) in [7, 11) is 0. The first kappa shape index (κ1) is 9.45. The number of hydrogen-bond acceptors (Lipinski definition) is 4. The number of rotatable bonds is 3. The van der Waals surface area contributed by atoms with Gasteiger partial charge in [0.1, 0.15) is 6.33 Å². The molecule has 0 aliphatic carbocycles. The maximum absolute atomic E-state index is 4.17. The molecule has 4 heteroatoms. The topological polar surface area (TPSA) is 49.8 Å². The highest BCUT2D eigenvalue weighted by molar-refractivity contribution is 5.88. The van der Waals surface area contributed by atoms with E-state index in [-0.39, 0.29) is 0 Å². The molecular formula is C11H12N4. The molecule has 0 unspecified atom stereocenters. The predicted octanol–water partition coefficient (Wildman–Crippen LogP) is 2.08. The maximum atomic E-state index is 4.17. The molecule has 0 atom stereocenters. The molecule has 0 saturated heterocycles. The fraction of sp³-hybridized carbons (Fsp3) is 0.0909. The zero-order valence-corrected chi connectivity index (χ0v) is 8.49. The van der Waals surface area contributed by atoms with Crippen LogP contribution in [0, 0.1) is 0 Å². The van der Waals surface area contributed by atoms with Gasteiger partial charge < -0.3 is 5.43 Å². The first-order valence-electron chi connectivity index (χ1n) is 4.64. The summed E-state index contributed by atoms with van der Waals surface area (Å²) >= 11 is 0. The van der Waals surface area contributed by atoms with E-state index in [2.05, 4.69) is 27.4 Å². The van der Waals surface area contributed by atoms with Gasteiger partial charge >= 0.3 is 0 Å². The van der Waals surface area contributed by atoms with Crippen LogP contribution < -0.4 is 10.9 Å². The van der Waals surface area contributed by atoms with Crippen LogP contribution in [0.25, 0.3) is 10.9 Å². The van der Waals surface area contributed by atoms with Crippen molar-refractivity contribution in [2.45, 2.75) is 6.92 Å². The van der Waals surface area contributed by atoms with Crippen molar-refractivity contribution in [3.63, 3.8) is 0 Å². The third kappa shape index (κ3) is 2.04. The van der Waals surface area contributed by atoms with Crippen LogP contribution in [0.5, 0.6) is 0 Å². The van der Waals surface area contributed by atoms with Crippen LogP contribution in [0.4, 0.5) is 5.82 Å². The van der Waals surface area contributed by atoms with Crippen LogP contribution in [0.1, 0.15) is 6.92 Å². The molecule has 0 spiro atoms. The van der Waals surface area contributed by atoms with Crippen LogP contribution in [-0.2, 0) is 0 Å². The molecule has 0 aliphatic rings. The number of hydrogen-bond donors (Lipinski definition) is 2. The summed E-state index contributed by atoms with van der Waals surface area (Å²) in [4.78, 5) is 8.32. The van der Waals surface area contributed by atoms with Gasteiger partial charge in [-0.3, -0.25) is 5.43 Å². The minimum atomic E-state index is 0.753. The number of fused-ring (bicyclic) bond motifs is 1. The summed E-state index contributed by atoms with van der Waals surface area (Å²) in [6.07, 6.45) is 1.53. The van der Waals surface area contributed by atoms with E-state index in [9.17, 15) is 0 Å². The van der Waals surface area contributed by atoms with Gasteiger partial charge in [-0.2, -0.15) is 0 Å². The van der Waals surface area contributed by atoms with Crippen LogP contribution in [-0.4, -0.2) is 9.97 Å². The van der Waals surface area contributed by atoms with Gasteiger partial charge in [0.2, 0.25) is 0 Å². The molecule has 2 rings (SSSR count). The molecular weight excluding hydrogens is 188 g/mol. The minimum Gasteiger partial charge on any atom is -0.305 e. The molecule has 2 aromatic rings. The lowest BCUT2D eigenvalue weighted by Gasteiger charge is -2.09. The molecule has 15 heavy (non-hydrogen) atoms. The molecule has 0 bridgehead atoms. The average Bonchev–Trinajstić information content (AvgIpc) is 2.26. The number of para-hydroxylation sites is 1. The number of benzene rings is 1. The monoisotopic (exact) mass is 200 g/mol. The first-order valence-corrected chi connectivity index (χ1v) is 4.64. The second kappa shape index (κ2) is 3.96. The summed E-state index contributed by atoms with van der Waals surface area (Å²) in [6.45, 7) is 5.60. The predicted molar refractivity (Wildman–Crippen MR) is 61.1 cm³/mol. The molecule has 1 aromatic heterocycles. The Labute approximate surface area is 88.0 Å². The zero-order valence-electron chi connectivity index (χ0n) is 8.49. The lowest BCUT2D eigenvalue weighted by Crippen LogP contribution is -2.19. The number of hydrazine groups is 1. The third-order valence-corrected chi connectivity index (χ3v) is 1.94. The largest absolute Gasteiger partial charge is 0.305 e. The highest BCUT2D eigenvalue weighted by atomic mass is 15.4. The van der Waals surface area contributed by atoms with Gasteiger partial charge in [-0.1, -0.05) is 18.7 Å². The Morgan fingerprint density at radius 1 is 1.27 bits per heavy atom. The van der Waals surface area contributed by atoms with Crippen molar-refractivity contribution < 1.29 is 0 Å². The Bertz CT molecular complexity index is 487. The van der Waals surface area contributed by atoms with E-state index in [0.717, 1.165) is 22.4 Å². The van der Waals surface area contributed by atoms with E-state index in [0.29, 0.717) is 0 Å². The van der Waals surface area contributed by atoms with Crippen molar-refractivity contribution in [2.24, 2.45) is 0 Å². The SMILES string of the molecule is C=C(C)NNc1ncnc2ccccc12. The van der Waals surface area contributed by atoms with Gasteiger partial charge in [-0.05, 0) is 19.1 Å². The summed E-state index contributed by atoms with van der Waals surface area (Å²) in [5, 5.41) is 0.980. The molecule has 0 radical (unpaired) electrons. The second-order valence-electron chi connectivity index (χ2n) is 3.27. The molecule has 0 fully saturated rings. The second-order valence-corrected chi connectivity index (χ2v) is 3.27. The van der Waals surface area contributed by atoms with Gasteiger partial charge in [0.15, 0.2) is 5.82 Å². The van der Waals surface area contributed by atoms with E-state index in [1.165, 1.54) is 6.33 Å². The van der Waals surface area contributed by atoms with Gasteiger partial charge in [0.05, 0.1) is 5.52 Å². The molecule has 0 amide bonds. The highest BCUT2D eigenvalue weighted by Crippen LogP contribution is 2.17. The van der Waals surface area contributed by atoms with Crippen molar-refractivity contribution in [3.05, 3.63) is 42.9 Å². The molecule has 76 valence electrons. The molecule has 0 aliphatic heterocycles. The normalized spacial score (nSPS) is 9.93. The lowest BCUT2D eigenvalue weighted by molar-refractivity contribution is 0.953. The molecule has 4 nitrogen and oxygen atoms in total. The fourth-order valence-corrected chi connectivity index (χ4v) is 1.27. The van der Waals surface area contributed by atoms with Crippen LogP contribution in [0.15, 0.2) is 42.9 Å². The Kier molecular flexibility index (Phi) is 2.49. The summed E-state index contributed by atoms with van der Waals surface area (Å²) in [5.41, 5.74) is 7.65. The van der Waals surface area contributed by atoms with Crippen LogP contribution in [0.2, 0.25) is 0 Å². The van der Waals surface area contributed by atoms with E-state index in [4.69, 9.17) is 0 Å². The maximum Gasteiger partial charge on any atom is 0.155 e. The quantitative estimate of drug-likeness (QED) is 0.745. The number of aromatic nitrogens is 2. The van der Waals surface area contributed by atoms with Gasteiger partial charge in [0, 0.05) is 11.1 Å². The Morgan fingerprint density at radius 3 is 2.87 bits per heavy atom. The molecule has 0 saturated carbocycles. The van der Waals surface area contributed by atoms with E-state index < -0.39 is 0 Å². The Morgan fingerprint density at radius 2 is 2.07 bits per heavy atom. The Hall–Kier alpha value is -2.10. The van der Waals surface area contributed by atoms with Crippen molar-refractivity contribution >= 4 is 16.7 Å². The standard InChI is InChI=1S/C11H12N4/c1-8(2)14-15-11-9-5-3-4-6-10(9)12-7-13-11/h3-7,14H,1H2,2H3,(H,12,13,15). The molecule has 1 heterocycles. The lowest BCUT2D eigenvalue weighted by atomic mass is 10.2.